The molecule has 4 rings (SSSR count). The Morgan fingerprint density at radius 3 is 2.27 bits per heavy atom. The second-order valence-electron chi connectivity index (χ2n) is 15.7. The van der Waals surface area contributed by atoms with Gasteiger partial charge in [-0.3, -0.25) is 13.9 Å². The number of para-hydroxylation sites is 1. The SMILES string of the molecule is CCCCCCCCOCCCN1C(C(C(=O)Nc2cc(C(C)(C)C)ccc2SCCCCCC)N2C(=O)OC(CCCC)C2=O)=Nc2ccccc2S1(=O)=O. The van der Waals surface area contributed by atoms with Gasteiger partial charge in [-0.2, -0.15) is 0 Å². The van der Waals surface area contributed by atoms with E-state index in [2.05, 4.69) is 39.9 Å². The number of amides is 3. The van der Waals surface area contributed by atoms with Crippen LogP contribution in [0.2, 0.25) is 0 Å². The molecule has 11 nitrogen and oxygen atoms in total. The molecule has 2 unspecified atom stereocenters. The molecule has 2 heterocycles. The number of sulfonamides is 1. The maximum atomic E-state index is 14.9. The largest absolute Gasteiger partial charge is 0.436 e. The molecule has 1 saturated heterocycles. The fourth-order valence-electron chi connectivity index (χ4n) is 6.78. The number of fused-ring (bicyclic) bond motifs is 1. The molecule has 2 aliphatic rings. The standard InChI is InChI=1S/C43H64N4O7S2/c1-7-10-13-15-16-19-28-53-29-21-27-46-39(44-33-22-17-18-24-37(33)56(46,51)52)38(47-41(49)35(23-12-9-3)54-42(47)50)40(48)45-34-31-32(43(4,5)6)25-26-36(34)55-30-20-14-11-8-2/h17-18,22,24-26,31,35,38H,7-16,19-21,23,27-30H2,1-6H3,(H,45,48). The lowest BCUT2D eigenvalue weighted by atomic mass is 9.87. The number of thioether (sulfide) groups is 1. The summed E-state index contributed by atoms with van der Waals surface area (Å²) in [6.45, 7) is 13.3. The summed E-state index contributed by atoms with van der Waals surface area (Å²) in [7, 11) is -4.27. The molecule has 1 N–H and O–H groups in total. The van der Waals surface area contributed by atoms with Crippen LogP contribution >= 0.6 is 11.8 Å². The van der Waals surface area contributed by atoms with Gasteiger partial charge in [-0.25, -0.2) is 23.1 Å². The van der Waals surface area contributed by atoms with E-state index >= 15 is 0 Å². The summed E-state index contributed by atoms with van der Waals surface area (Å²) < 4.78 is 41.4. The predicted molar refractivity (Wildman–Crippen MR) is 225 cm³/mol. The van der Waals surface area contributed by atoms with E-state index in [0.717, 1.165) is 76.8 Å². The van der Waals surface area contributed by atoms with Crippen molar-refractivity contribution < 1.29 is 32.3 Å². The number of aliphatic imine (C=N–C) groups is 1. The summed E-state index contributed by atoms with van der Waals surface area (Å²) in [5.41, 5.74) is 1.37. The molecule has 2 atom stereocenters. The van der Waals surface area contributed by atoms with Crippen molar-refractivity contribution >= 4 is 56.9 Å². The number of nitrogens with zero attached hydrogens (tertiary/aromatic N) is 3. The number of amidine groups is 1. The zero-order chi connectivity index (χ0) is 40.7. The van der Waals surface area contributed by atoms with Crippen molar-refractivity contribution in [1.82, 2.24) is 9.21 Å². The molecule has 56 heavy (non-hydrogen) atoms. The van der Waals surface area contributed by atoms with E-state index in [1.54, 1.807) is 30.0 Å². The number of imide groups is 1. The Labute approximate surface area is 339 Å². The number of anilines is 1. The molecule has 0 aromatic heterocycles. The molecule has 0 bridgehead atoms. The van der Waals surface area contributed by atoms with Crippen molar-refractivity contribution in [3.8, 4) is 0 Å². The molecule has 1 fully saturated rings. The molecule has 0 aliphatic carbocycles. The van der Waals surface area contributed by atoms with E-state index in [0.29, 0.717) is 25.1 Å². The van der Waals surface area contributed by atoms with E-state index in [1.807, 2.05) is 25.1 Å². The van der Waals surface area contributed by atoms with Crippen LogP contribution < -0.4 is 5.32 Å². The van der Waals surface area contributed by atoms with Gasteiger partial charge < -0.3 is 14.8 Å². The maximum Gasteiger partial charge on any atom is 0.418 e. The molecule has 0 radical (unpaired) electrons. The monoisotopic (exact) mass is 812 g/mol. The summed E-state index contributed by atoms with van der Waals surface area (Å²) in [5.74, 6) is -0.853. The van der Waals surface area contributed by atoms with Gasteiger partial charge in [-0.05, 0) is 73.1 Å². The maximum absolute atomic E-state index is 14.9. The highest BCUT2D eigenvalue weighted by molar-refractivity contribution is 7.99. The van der Waals surface area contributed by atoms with Crippen molar-refractivity contribution in [1.29, 1.82) is 0 Å². The average molecular weight is 813 g/mol. The topological polar surface area (TPSA) is 135 Å². The molecule has 310 valence electrons. The number of nitrogens with one attached hydrogen (secondary N) is 1. The van der Waals surface area contributed by atoms with Gasteiger partial charge in [-0.15, -0.1) is 11.8 Å². The second kappa shape index (κ2) is 21.9. The summed E-state index contributed by atoms with van der Waals surface area (Å²) in [5, 5.41) is 3.04. The molecular formula is C43H64N4O7S2. The van der Waals surface area contributed by atoms with Gasteiger partial charge in [0.1, 0.15) is 4.90 Å². The van der Waals surface area contributed by atoms with Crippen LogP contribution in [-0.2, 0) is 34.5 Å². The molecule has 3 amide bonds. The van der Waals surface area contributed by atoms with Crippen LogP contribution in [0.4, 0.5) is 16.2 Å². The molecule has 2 aliphatic heterocycles. The van der Waals surface area contributed by atoms with Gasteiger partial charge in [0.15, 0.2) is 18.0 Å². The highest BCUT2D eigenvalue weighted by atomic mass is 32.2. The van der Waals surface area contributed by atoms with E-state index in [9.17, 15) is 22.8 Å². The first kappa shape index (κ1) is 45.3. The van der Waals surface area contributed by atoms with Crippen molar-refractivity contribution in [2.75, 3.05) is 30.8 Å². The number of hydrogen-bond acceptors (Lipinski definition) is 9. The Morgan fingerprint density at radius 1 is 0.893 bits per heavy atom. The molecule has 2 aromatic carbocycles. The zero-order valence-corrected chi connectivity index (χ0v) is 36.1. The first-order chi connectivity index (χ1) is 26.8. The van der Waals surface area contributed by atoms with E-state index < -0.39 is 40.1 Å². The number of benzene rings is 2. The summed E-state index contributed by atoms with van der Waals surface area (Å²) >= 11 is 1.63. The number of carbonyl (C=O) groups is 3. The van der Waals surface area contributed by atoms with Crippen molar-refractivity contribution in [3.05, 3.63) is 48.0 Å². The quantitative estimate of drug-likeness (QED) is 0.0818. The van der Waals surface area contributed by atoms with Gasteiger partial charge in [-0.1, -0.05) is 118 Å². The van der Waals surface area contributed by atoms with Crippen LogP contribution in [0.5, 0.6) is 0 Å². The Kier molecular flexibility index (Phi) is 17.7. The predicted octanol–water partition coefficient (Wildman–Crippen LogP) is 10.0. The second-order valence-corrected chi connectivity index (χ2v) is 18.7. The third-order valence-corrected chi connectivity index (χ3v) is 13.1. The molecule has 2 aromatic rings. The minimum Gasteiger partial charge on any atom is -0.436 e. The number of unbranched alkanes of at least 4 members (excludes halogenated alkanes) is 9. The number of ether oxygens (including phenoxy) is 2. The third kappa shape index (κ3) is 12.0. The fraction of sp³-hybridized carbons (Fsp3) is 0.628. The molecular weight excluding hydrogens is 749 g/mol. The summed E-state index contributed by atoms with van der Waals surface area (Å²) in [4.78, 5) is 49.0. The van der Waals surface area contributed by atoms with Crippen LogP contribution in [-0.4, -0.2) is 79.0 Å². The van der Waals surface area contributed by atoms with Crippen molar-refractivity contribution in [2.24, 2.45) is 4.99 Å². The van der Waals surface area contributed by atoms with Crippen molar-refractivity contribution in [2.45, 2.75) is 159 Å². The fourth-order valence-corrected chi connectivity index (χ4v) is 9.40. The van der Waals surface area contributed by atoms with Crippen LogP contribution in [0.25, 0.3) is 0 Å². The smallest absolute Gasteiger partial charge is 0.418 e. The third-order valence-electron chi connectivity index (χ3n) is 10.1. The number of rotatable bonds is 24. The lowest BCUT2D eigenvalue weighted by Crippen LogP contribution is -2.58. The van der Waals surface area contributed by atoms with Gasteiger partial charge >= 0.3 is 6.09 Å². The Bertz CT molecular complexity index is 1760. The van der Waals surface area contributed by atoms with Gasteiger partial charge in [0.2, 0.25) is 0 Å². The summed E-state index contributed by atoms with van der Waals surface area (Å²) in [6.07, 6.45) is 11.0. The Balaban J connectivity index is 1.72. The van der Waals surface area contributed by atoms with Crippen LogP contribution in [0, 0.1) is 0 Å². The molecule has 13 heteroatoms. The number of hydrogen-bond donors (Lipinski definition) is 1. The van der Waals surface area contributed by atoms with Crippen LogP contribution in [0.15, 0.2) is 57.2 Å². The van der Waals surface area contributed by atoms with Gasteiger partial charge in [0, 0.05) is 24.7 Å². The van der Waals surface area contributed by atoms with E-state index in [1.165, 1.54) is 25.3 Å². The normalized spacial score (nSPS) is 17.1. The Morgan fingerprint density at radius 2 is 1.55 bits per heavy atom. The van der Waals surface area contributed by atoms with Gasteiger partial charge in [0.25, 0.3) is 21.8 Å². The molecule has 0 saturated carbocycles. The minimum atomic E-state index is -4.27. The molecule has 0 spiro atoms. The zero-order valence-electron chi connectivity index (χ0n) is 34.4. The van der Waals surface area contributed by atoms with E-state index in [-0.39, 0.29) is 41.4 Å². The van der Waals surface area contributed by atoms with Crippen molar-refractivity contribution in [3.63, 3.8) is 0 Å². The number of cyclic esters (lactones) is 1. The lowest BCUT2D eigenvalue weighted by Gasteiger charge is -2.35. The lowest BCUT2D eigenvalue weighted by molar-refractivity contribution is -0.133. The number of carbonyl (C=O) groups excluding carboxylic acids is 3. The average Bonchev–Trinajstić information content (AvgIpc) is 3.43. The van der Waals surface area contributed by atoms with Crippen LogP contribution in [0.3, 0.4) is 0 Å². The highest BCUT2D eigenvalue weighted by Gasteiger charge is 2.52. The first-order valence-corrected chi connectivity index (χ1v) is 23.2. The Hall–Kier alpha value is -3.42. The highest BCUT2D eigenvalue weighted by Crippen LogP contribution is 2.37. The summed E-state index contributed by atoms with van der Waals surface area (Å²) in [6, 6.07) is 10.5. The van der Waals surface area contributed by atoms with E-state index in [4.69, 9.17) is 14.5 Å². The van der Waals surface area contributed by atoms with Gasteiger partial charge in [0.05, 0.1) is 11.4 Å². The minimum absolute atomic E-state index is 0.0216. The first-order valence-electron chi connectivity index (χ1n) is 20.7. The van der Waals surface area contributed by atoms with Crippen LogP contribution in [0.1, 0.15) is 137 Å².